The van der Waals surface area contributed by atoms with Gasteiger partial charge >= 0.3 is 12.2 Å². The lowest BCUT2D eigenvalue weighted by atomic mass is 9.99. The van der Waals surface area contributed by atoms with Gasteiger partial charge in [0.1, 0.15) is 29.3 Å². The summed E-state index contributed by atoms with van der Waals surface area (Å²) in [6.07, 6.45) is 34.3. The molecule has 2 aliphatic heterocycles. The summed E-state index contributed by atoms with van der Waals surface area (Å²) in [7, 11) is 0. The molecule has 5 atom stereocenters. The Morgan fingerprint density at radius 1 is 0.651 bits per heavy atom. The Labute approximate surface area is 389 Å². The van der Waals surface area contributed by atoms with Gasteiger partial charge in [-0.25, -0.2) is 9.59 Å². The monoisotopic (exact) mass is 897 g/mol. The van der Waals surface area contributed by atoms with Crippen molar-refractivity contribution in [3.63, 3.8) is 0 Å². The first-order chi connectivity index (χ1) is 29.8. The van der Waals surface area contributed by atoms with Crippen LogP contribution < -0.4 is 0 Å². The molecule has 10 heteroatoms. The maximum absolute atomic E-state index is 12.6. The van der Waals surface area contributed by atoms with E-state index in [2.05, 4.69) is 26.0 Å². The summed E-state index contributed by atoms with van der Waals surface area (Å²) in [4.78, 5) is 28.3. The Morgan fingerprint density at radius 2 is 1.05 bits per heavy atom. The van der Waals surface area contributed by atoms with Gasteiger partial charge in [0.15, 0.2) is 0 Å². The van der Waals surface area contributed by atoms with E-state index in [0.29, 0.717) is 13.0 Å². The second-order valence-electron chi connectivity index (χ2n) is 20.4. The van der Waals surface area contributed by atoms with Gasteiger partial charge in [-0.05, 0) is 81.6 Å². The number of aliphatic hydroxyl groups is 2. The fourth-order valence-electron chi connectivity index (χ4n) is 8.15. The molecule has 0 aromatic heterocycles. The number of allylic oxidation sites excluding steroid dienone is 1. The number of carbonyl (C=O) groups excluding carboxylic acids is 2. The normalized spacial score (nSPS) is 19.6. The van der Waals surface area contributed by atoms with Gasteiger partial charge in [-0.3, -0.25) is 9.80 Å². The maximum Gasteiger partial charge on any atom is 0.413 e. The van der Waals surface area contributed by atoms with E-state index in [1.54, 1.807) is 32.6 Å². The molecular weight excluding hydrogens is 793 g/mol. The standard InChI is InChI=1S/C26H49NO3.C25H49NO5.C2H6/c1-7-8-9-10-11-12-13-14-15-16-17-18-19-20-21-23-22-29-26(5,6)27(23)24(28)30-25(2,3)4;1-6-7-8-9-10-11-12-13-14-15-16-17-18-22(27)23(28)21-19-30-20(2)26(21)24(29)31-25(3,4)5;1-2/h20-21,23H,7-19,22H2,1-6H3;20-23,27-28H,6-19H2,1-5H3;1-2H3/b21-20+;;/t23-;20?,21-,22+,23-;/m10./s1. The van der Waals surface area contributed by atoms with E-state index in [1.807, 2.05) is 48.5 Å². The molecule has 0 aromatic rings. The highest BCUT2D eigenvalue weighted by atomic mass is 16.6. The molecule has 0 spiro atoms. The fourth-order valence-corrected chi connectivity index (χ4v) is 8.15. The highest BCUT2D eigenvalue weighted by Crippen LogP contribution is 2.30. The lowest BCUT2D eigenvalue weighted by Gasteiger charge is -2.34. The molecule has 2 fully saturated rings. The Hall–Kier alpha value is -1.88. The van der Waals surface area contributed by atoms with E-state index < -0.39 is 47.5 Å². The molecule has 2 rings (SSSR count). The number of hydrogen-bond acceptors (Lipinski definition) is 8. The van der Waals surface area contributed by atoms with Crippen LogP contribution in [-0.2, 0) is 18.9 Å². The first-order valence-electron chi connectivity index (χ1n) is 26.2. The number of ether oxygens (including phenoxy) is 4. The zero-order chi connectivity index (χ0) is 47.7. The quantitative estimate of drug-likeness (QED) is 0.0563. The minimum absolute atomic E-state index is 0.0489. The van der Waals surface area contributed by atoms with Crippen LogP contribution in [0, 0.1) is 0 Å². The van der Waals surface area contributed by atoms with Crippen LogP contribution in [0.25, 0.3) is 0 Å². The number of unbranched alkanes of at least 4 members (excludes halogenated alkanes) is 23. The second-order valence-corrected chi connectivity index (χ2v) is 20.4. The van der Waals surface area contributed by atoms with Gasteiger partial charge in [-0.2, -0.15) is 0 Å². The highest BCUT2D eigenvalue weighted by Gasteiger charge is 2.45. The average molecular weight is 897 g/mol. The Bertz CT molecular complexity index is 1150. The van der Waals surface area contributed by atoms with Crippen LogP contribution >= 0.6 is 0 Å². The third-order valence-electron chi connectivity index (χ3n) is 11.7. The number of aliphatic hydroxyl groups excluding tert-OH is 2. The Morgan fingerprint density at radius 3 is 1.48 bits per heavy atom. The van der Waals surface area contributed by atoms with Crippen molar-refractivity contribution in [2.24, 2.45) is 0 Å². The van der Waals surface area contributed by atoms with Crippen molar-refractivity contribution >= 4 is 12.2 Å². The minimum Gasteiger partial charge on any atom is -0.444 e. The molecule has 0 saturated carbocycles. The van der Waals surface area contributed by atoms with Gasteiger partial charge in [0.05, 0.1) is 31.4 Å². The van der Waals surface area contributed by atoms with Crippen molar-refractivity contribution in [3.05, 3.63) is 12.2 Å². The van der Waals surface area contributed by atoms with E-state index in [1.165, 1.54) is 146 Å². The van der Waals surface area contributed by atoms with Gasteiger partial charge in [0.2, 0.25) is 0 Å². The topological polar surface area (TPSA) is 118 Å². The van der Waals surface area contributed by atoms with E-state index in [0.717, 1.165) is 19.3 Å². The molecule has 0 aromatic carbocycles. The number of nitrogens with zero attached hydrogens (tertiary/aromatic N) is 2. The first-order valence-corrected chi connectivity index (χ1v) is 26.2. The molecule has 63 heavy (non-hydrogen) atoms. The smallest absolute Gasteiger partial charge is 0.413 e. The summed E-state index contributed by atoms with van der Waals surface area (Å²) in [5.74, 6) is 0. The van der Waals surface area contributed by atoms with Gasteiger partial charge in [-0.1, -0.05) is 188 Å². The molecular formula is C53H104N2O8. The predicted molar refractivity (Wildman–Crippen MR) is 263 cm³/mol. The van der Waals surface area contributed by atoms with Crippen LogP contribution in [0.1, 0.15) is 257 Å². The van der Waals surface area contributed by atoms with Crippen LogP contribution in [0.3, 0.4) is 0 Å². The summed E-state index contributed by atoms with van der Waals surface area (Å²) >= 11 is 0. The van der Waals surface area contributed by atoms with Crippen LogP contribution in [-0.4, -0.2) is 92.9 Å². The van der Waals surface area contributed by atoms with Crippen molar-refractivity contribution < 1.29 is 38.7 Å². The SMILES string of the molecule is CC.CCCCCCCCCCCCCC/C=C/[C@@H]1COC(C)(C)N1C(=O)OC(C)(C)C.CCCCCCCCCCCCCC[C@@H](O)[C@@H](O)[C@@H]1COC(C)N1C(=O)OC(C)(C)C. The lowest BCUT2D eigenvalue weighted by molar-refractivity contribution is -0.0611. The third-order valence-corrected chi connectivity index (χ3v) is 11.7. The van der Waals surface area contributed by atoms with Gasteiger partial charge < -0.3 is 29.2 Å². The first kappa shape index (κ1) is 61.1. The zero-order valence-electron chi connectivity index (χ0n) is 43.6. The van der Waals surface area contributed by atoms with Crippen molar-refractivity contribution in [1.82, 2.24) is 9.80 Å². The lowest BCUT2D eigenvalue weighted by Crippen LogP contribution is -2.52. The zero-order valence-corrected chi connectivity index (χ0v) is 43.6. The molecule has 10 nitrogen and oxygen atoms in total. The summed E-state index contributed by atoms with van der Waals surface area (Å²) in [6, 6.07) is -0.635. The van der Waals surface area contributed by atoms with Crippen LogP contribution in [0.4, 0.5) is 9.59 Å². The third kappa shape index (κ3) is 29.4. The van der Waals surface area contributed by atoms with E-state index in [4.69, 9.17) is 18.9 Å². The van der Waals surface area contributed by atoms with Crippen LogP contribution in [0.2, 0.25) is 0 Å². The number of carbonyl (C=O) groups is 2. The van der Waals surface area contributed by atoms with Gasteiger partial charge in [-0.15, -0.1) is 0 Å². The van der Waals surface area contributed by atoms with Crippen molar-refractivity contribution in [2.45, 2.75) is 304 Å². The predicted octanol–water partition coefficient (Wildman–Crippen LogP) is 14.8. The van der Waals surface area contributed by atoms with E-state index in [-0.39, 0.29) is 18.7 Å². The molecule has 2 aliphatic rings. The van der Waals surface area contributed by atoms with E-state index in [9.17, 15) is 19.8 Å². The molecule has 0 radical (unpaired) electrons. The van der Waals surface area contributed by atoms with Crippen molar-refractivity contribution in [3.8, 4) is 0 Å². The highest BCUT2D eigenvalue weighted by molar-refractivity contribution is 5.70. The molecule has 0 bridgehead atoms. The summed E-state index contributed by atoms with van der Waals surface area (Å²) in [5.41, 5.74) is -1.75. The number of hydrogen-bond donors (Lipinski definition) is 2. The van der Waals surface area contributed by atoms with Crippen LogP contribution in [0.15, 0.2) is 12.2 Å². The molecule has 1 unspecified atom stereocenters. The van der Waals surface area contributed by atoms with Gasteiger partial charge in [0.25, 0.3) is 0 Å². The van der Waals surface area contributed by atoms with Crippen molar-refractivity contribution in [2.75, 3.05) is 13.2 Å². The van der Waals surface area contributed by atoms with Gasteiger partial charge in [0, 0.05) is 0 Å². The minimum atomic E-state index is -1.04. The largest absolute Gasteiger partial charge is 0.444 e. The molecule has 2 amide bonds. The number of amides is 2. The molecule has 2 N–H and O–H groups in total. The number of rotatable bonds is 29. The Balaban J connectivity index is 0.00000117. The van der Waals surface area contributed by atoms with Crippen LogP contribution in [0.5, 0.6) is 0 Å². The molecule has 0 aliphatic carbocycles. The van der Waals surface area contributed by atoms with Crippen molar-refractivity contribution in [1.29, 1.82) is 0 Å². The fraction of sp³-hybridized carbons (Fsp3) is 0.925. The summed E-state index contributed by atoms with van der Waals surface area (Å²) < 4.78 is 22.4. The Kier molecular flexibility index (Phi) is 34.3. The maximum atomic E-state index is 12.6. The summed E-state index contributed by atoms with van der Waals surface area (Å²) in [6.45, 7) is 26.0. The average Bonchev–Trinajstić information content (AvgIpc) is 3.75. The van der Waals surface area contributed by atoms with E-state index >= 15 is 0 Å². The second kappa shape index (κ2) is 35.3. The summed E-state index contributed by atoms with van der Waals surface area (Å²) in [5, 5.41) is 21.1. The molecule has 2 saturated heterocycles. The molecule has 374 valence electrons. The molecule has 2 heterocycles.